The molecule has 0 saturated heterocycles. The quantitative estimate of drug-likeness (QED) is 0.785. The molecule has 0 aliphatic carbocycles. The summed E-state index contributed by atoms with van der Waals surface area (Å²) in [6.45, 7) is 0. The van der Waals surface area contributed by atoms with E-state index < -0.39 is 12.2 Å². The summed E-state index contributed by atoms with van der Waals surface area (Å²) in [6, 6.07) is 13.8. The lowest BCUT2D eigenvalue weighted by Crippen LogP contribution is -2.17. The van der Waals surface area contributed by atoms with Crippen molar-refractivity contribution < 1.29 is 19.1 Å². The van der Waals surface area contributed by atoms with Crippen molar-refractivity contribution in [2.24, 2.45) is 0 Å². The summed E-state index contributed by atoms with van der Waals surface area (Å²) in [4.78, 5) is 23.6. The zero-order chi connectivity index (χ0) is 16.2. The number of ether oxygens (including phenoxy) is 2. The van der Waals surface area contributed by atoms with Crippen LogP contribution in [0, 0.1) is 0 Å². The monoisotopic (exact) mass is 311 g/mol. The number of methoxy groups -OCH3 is 1. The number of amides is 1. The van der Waals surface area contributed by atoms with Gasteiger partial charge in [0.15, 0.2) is 0 Å². The standard InChI is InChI=1S/C16H13N3O4/c1-22-16(21)19-14-9-5-8-13(12(14)10-17-19)18-15(20)23-11-6-3-2-4-7-11/h2-10H,1H3,(H,18,20). The van der Waals surface area contributed by atoms with Crippen LogP contribution in [0.4, 0.5) is 15.3 Å². The fourth-order valence-electron chi connectivity index (χ4n) is 2.12. The van der Waals surface area contributed by atoms with Gasteiger partial charge < -0.3 is 9.47 Å². The number of para-hydroxylation sites is 1. The van der Waals surface area contributed by atoms with Crippen LogP contribution in [0.1, 0.15) is 0 Å². The van der Waals surface area contributed by atoms with Crippen molar-refractivity contribution in [3.8, 4) is 5.75 Å². The Hall–Kier alpha value is -3.35. The van der Waals surface area contributed by atoms with Crippen molar-refractivity contribution in [2.75, 3.05) is 12.4 Å². The second-order valence-electron chi connectivity index (χ2n) is 4.59. The molecule has 0 spiro atoms. The molecule has 0 bridgehead atoms. The first-order valence-electron chi connectivity index (χ1n) is 6.78. The minimum absolute atomic E-state index is 0.433. The van der Waals surface area contributed by atoms with Crippen molar-refractivity contribution in [3.05, 3.63) is 54.7 Å². The molecule has 3 rings (SSSR count). The summed E-state index contributed by atoms with van der Waals surface area (Å²) in [6.07, 6.45) is 0.239. The molecule has 2 aromatic carbocycles. The third-order valence-corrected chi connectivity index (χ3v) is 3.15. The molecule has 0 aliphatic rings. The van der Waals surface area contributed by atoms with Crippen LogP contribution in [0.5, 0.6) is 5.75 Å². The molecule has 0 saturated carbocycles. The first kappa shape index (κ1) is 14.6. The lowest BCUT2D eigenvalue weighted by molar-refractivity contribution is 0.170. The van der Waals surface area contributed by atoms with Crippen LogP contribution >= 0.6 is 0 Å². The fraction of sp³-hybridized carbons (Fsp3) is 0.0625. The molecule has 0 aliphatic heterocycles. The summed E-state index contributed by atoms with van der Waals surface area (Å²) >= 11 is 0. The maximum atomic E-state index is 12.0. The highest BCUT2D eigenvalue weighted by molar-refractivity contribution is 6.01. The highest BCUT2D eigenvalue weighted by Crippen LogP contribution is 2.23. The normalized spacial score (nSPS) is 10.3. The van der Waals surface area contributed by atoms with E-state index in [4.69, 9.17) is 4.74 Å². The minimum atomic E-state index is -0.630. The van der Waals surface area contributed by atoms with Crippen molar-refractivity contribution >= 4 is 28.8 Å². The molecule has 1 heterocycles. The van der Waals surface area contributed by atoms with Crippen molar-refractivity contribution in [1.82, 2.24) is 9.78 Å². The Morgan fingerprint density at radius 1 is 1.09 bits per heavy atom. The van der Waals surface area contributed by atoms with Gasteiger partial charge in [0, 0.05) is 5.39 Å². The van der Waals surface area contributed by atoms with E-state index in [0.717, 1.165) is 4.68 Å². The van der Waals surface area contributed by atoms with Crippen LogP contribution in [0.2, 0.25) is 0 Å². The minimum Gasteiger partial charge on any atom is -0.451 e. The number of carbonyl (C=O) groups excluding carboxylic acids is 2. The van der Waals surface area contributed by atoms with Crippen LogP contribution in [0.3, 0.4) is 0 Å². The number of carbonyl (C=O) groups is 2. The first-order chi connectivity index (χ1) is 11.2. The van der Waals surface area contributed by atoms with Gasteiger partial charge in [0.2, 0.25) is 0 Å². The van der Waals surface area contributed by atoms with E-state index in [-0.39, 0.29) is 0 Å². The first-order valence-corrected chi connectivity index (χ1v) is 6.78. The van der Waals surface area contributed by atoms with Crippen LogP contribution in [-0.4, -0.2) is 29.1 Å². The largest absolute Gasteiger partial charge is 0.451 e. The Kier molecular flexibility index (Phi) is 3.92. The Balaban J connectivity index is 1.84. The van der Waals surface area contributed by atoms with E-state index in [2.05, 4.69) is 15.2 Å². The average Bonchev–Trinajstić information content (AvgIpc) is 3.00. The van der Waals surface area contributed by atoms with Gasteiger partial charge in [-0.25, -0.2) is 9.59 Å². The molecule has 7 nitrogen and oxygen atoms in total. The summed E-state index contributed by atoms with van der Waals surface area (Å²) in [7, 11) is 1.27. The van der Waals surface area contributed by atoms with Gasteiger partial charge >= 0.3 is 12.2 Å². The molecule has 0 radical (unpaired) electrons. The second kappa shape index (κ2) is 6.18. The molecule has 0 atom stereocenters. The van der Waals surface area contributed by atoms with Crippen LogP contribution in [0.25, 0.3) is 10.9 Å². The number of nitrogens with one attached hydrogen (secondary N) is 1. The maximum Gasteiger partial charge on any atom is 0.434 e. The lowest BCUT2D eigenvalue weighted by Gasteiger charge is -2.07. The number of hydrogen-bond donors (Lipinski definition) is 1. The summed E-state index contributed by atoms with van der Waals surface area (Å²) in [5.41, 5.74) is 1.01. The van der Waals surface area contributed by atoms with E-state index in [9.17, 15) is 9.59 Å². The number of hydrogen-bond acceptors (Lipinski definition) is 5. The highest BCUT2D eigenvalue weighted by atomic mass is 16.6. The van der Waals surface area contributed by atoms with E-state index in [1.54, 1.807) is 42.5 Å². The fourth-order valence-corrected chi connectivity index (χ4v) is 2.12. The van der Waals surface area contributed by atoms with Gasteiger partial charge in [0.1, 0.15) is 5.75 Å². The van der Waals surface area contributed by atoms with E-state index in [0.29, 0.717) is 22.3 Å². The van der Waals surface area contributed by atoms with Gasteiger partial charge in [-0.2, -0.15) is 9.78 Å². The molecule has 116 valence electrons. The molecular weight excluding hydrogens is 298 g/mol. The molecule has 7 heteroatoms. The highest BCUT2D eigenvalue weighted by Gasteiger charge is 2.14. The Bertz CT molecular complexity index is 858. The average molecular weight is 311 g/mol. The number of anilines is 1. The van der Waals surface area contributed by atoms with Crippen LogP contribution < -0.4 is 10.1 Å². The van der Waals surface area contributed by atoms with Crippen molar-refractivity contribution in [1.29, 1.82) is 0 Å². The van der Waals surface area contributed by atoms with E-state index >= 15 is 0 Å². The molecule has 0 unspecified atom stereocenters. The van der Waals surface area contributed by atoms with Gasteiger partial charge in [-0.1, -0.05) is 24.3 Å². The van der Waals surface area contributed by atoms with Gasteiger partial charge in [-0.15, -0.1) is 0 Å². The SMILES string of the molecule is COC(=O)n1ncc2c(NC(=O)Oc3ccccc3)cccc21. The summed E-state index contributed by atoms with van der Waals surface area (Å²) in [5.74, 6) is 0.433. The number of rotatable bonds is 2. The number of benzene rings is 2. The second-order valence-corrected chi connectivity index (χ2v) is 4.59. The summed E-state index contributed by atoms with van der Waals surface area (Å²) < 4.78 is 10.9. The number of aromatic nitrogens is 2. The lowest BCUT2D eigenvalue weighted by atomic mass is 10.2. The molecule has 23 heavy (non-hydrogen) atoms. The van der Waals surface area contributed by atoms with E-state index in [1.165, 1.54) is 13.3 Å². The van der Waals surface area contributed by atoms with Crippen LogP contribution in [0.15, 0.2) is 54.7 Å². The molecule has 1 amide bonds. The Morgan fingerprint density at radius 3 is 2.61 bits per heavy atom. The molecule has 0 fully saturated rings. The molecule has 1 aromatic heterocycles. The van der Waals surface area contributed by atoms with Gasteiger partial charge in [-0.3, -0.25) is 5.32 Å². The predicted molar refractivity (Wildman–Crippen MR) is 83.6 cm³/mol. The van der Waals surface area contributed by atoms with E-state index in [1.807, 2.05) is 6.07 Å². The molecular formula is C16H13N3O4. The van der Waals surface area contributed by atoms with Crippen molar-refractivity contribution in [3.63, 3.8) is 0 Å². The third kappa shape index (κ3) is 2.98. The number of nitrogens with zero attached hydrogens (tertiary/aromatic N) is 2. The van der Waals surface area contributed by atoms with Crippen molar-refractivity contribution in [2.45, 2.75) is 0 Å². The smallest absolute Gasteiger partial charge is 0.434 e. The zero-order valence-corrected chi connectivity index (χ0v) is 12.2. The van der Waals surface area contributed by atoms with Gasteiger partial charge in [0.25, 0.3) is 0 Å². The molecule has 3 aromatic rings. The summed E-state index contributed by atoms with van der Waals surface area (Å²) in [5, 5.41) is 7.21. The number of fused-ring (bicyclic) bond motifs is 1. The maximum absolute atomic E-state index is 12.0. The molecule has 1 N–H and O–H groups in total. The van der Waals surface area contributed by atoms with Gasteiger partial charge in [-0.05, 0) is 24.3 Å². The Morgan fingerprint density at radius 2 is 1.87 bits per heavy atom. The third-order valence-electron chi connectivity index (χ3n) is 3.15. The van der Waals surface area contributed by atoms with Crippen LogP contribution in [-0.2, 0) is 4.74 Å². The Labute approximate surface area is 131 Å². The van der Waals surface area contributed by atoms with Gasteiger partial charge in [0.05, 0.1) is 24.5 Å². The predicted octanol–water partition coefficient (Wildman–Crippen LogP) is 3.26. The topological polar surface area (TPSA) is 82.5 Å². The zero-order valence-electron chi connectivity index (χ0n) is 12.2.